The molecule has 7 heteroatoms. The van der Waals surface area contributed by atoms with E-state index in [1.165, 1.54) is 0 Å². The summed E-state index contributed by atoms with van der Waals surface area (Å²) < 4.78 is 2.11. The van der Waals surface area contributed by atoms with Gasteiger partial charge in [0.05, 0.1) is 6.54 Å². The van der Waals surface area contributed by atoms with Crippen LogP contribution in [0.5, 0.6) is 0 Å². The van der Waals surface area contributed by atoms with Crippen molar-refractivity contribution in [2.24, 2.45) is 0 Å². The van der Waals surface area contributed by atoms with Crippen LogP contribution in [0.1, 0.15) is 27.9 Å². The summed E-state index contributed by atoms with van der Waals surface area (Å²) in [6.45, 7) is 4.32. The SMILES string of the molecule is Cc1[nH]c(=O)c(C#N)c(C)c1CSc1nnc(-c2ccccc2)n1Cc1ccccc1. The maximum absolute atomic E-state index is 12.0. The molecule has 0 saturated carbocycles. The summed E-state index contributed by atoms with van der Waals surface area (Å²) in [5.41, 5.74) is 4.41. The molecule has 0 fully saturated rings. The first kappa shape index (κ1) is 20.6. The van der Waals surface area contributed by atoms with Crippen molar-refractivity contribution in [3.63, 3.8) is 0 Å². The molecule has 0 aliphatic heterocycles. The number of H-pyrrole nitrogens is 1. The number of thioether (sulfide) groups is 1. The third kappa shape index (κ3) is 4.30. The molecule has 31 heavy (non-hydrogen) atoms. The Labute approximate surface area is 184 Å². The summed E-state index contributed by atoms with van der Waals surface area (Å²) in [5.74, 6) is 1.38. The van der Waals surface area contributed by atoms with E-state index in [4.69, 9.17) is 0 Å². The van der Waals surface area contributed by atoms with Crippen LogP contribution in [0.25, 0.3) is 11.4 Å². The van der Waals surface area contributed by atoms with Gasteiger partial charge < -0.3 is 4.98 Å². The summed E-state index contributed by atoms with van der Waals surface area (Å²) in [6, 6.07) is 22.2. The van der Waals surface area contributed by atoms with Crippen LogP contribution in [0.15, 0.2) is 70.6 Å². The Morgan fingerprint density at radius 2 is 1.71 bits per heavy atom. The van der Waals surface area contributed by atoms with Crippen molar-refractivity contribution in [1.82, 2.24) is 19.7 Å². The van der Waals surface area contributed by atoms with Crippen LogP contribution in [0.3, 0.4) is 0 Å². The van der Waals surface area contributed by atoms with Gasteiger partial charge in [-0.05, 0) is 30.5 Å². The molecule has 0 spiro atoms. The van der Waals surface area contributed by atoms with Gasteiger partial charge in [0.1, 0.15) is 11.6 Å². The van der Waals surface area contributed by atoms with Crippen LogP contribution in [0, 0.1) is 25.2 Å². The van der Waals surface area contributed by atoms with Crippen LogP contribution < -0.4 is 5.56 Å². The molecule has 4 aromatic rings. The number of rotatable bonds is 6. The number of nitriles is 1. The van der Waals surface area contributed by atoms with Crippen molar-refractivity contribution in [2.45, 2.75) is 31.3 Å². The molecule has 2 aromatic carbocycles. The van der Waals surface area contributed by atoms with Crippen molar-refractivity contribution in [3.8, 4) is 17.5 Å². The van der Waals surface area contributed by atoms with Crippen molar-refractivity contribution >= 4 is 11.8 Å². The monoisotopic (exact) mass is 427 g/mol. The van der Waals surface area contributed by atoms with Gasteiger partial charge in [0.15, 0.2) is 11.0 Å². The Balaban J connectivity index is 1.70. The number of aryl methyl sites for hydroxylation is 1. The van der Waals surface area contributed by atoms with Gasteiger partial charge in [-0.1, -0.05) is 72.4 Å². The molecule has 0 bridgehead atoms. The lowest BCUT2D eigenvalue weighted by molar-refractivity contribution is 0.714. The largest absolute Gasteiger partial charge is 0.325 e. The first-order valence-electron chi connectivity index (χ1n) is 9.86. The zero-order chi connectivity index (χ0) is 21.8. The Morgan fingerprint density at radius 1 is 1.03 bits per heavy atom. The van der Waals surface area contributed by atoms with Crippen LogP contribution in [-0.2, 0) is 12.3 Å². The highest BCUT2D eigenvalue weighted by Gasteiger charge is 2.17. The molecule has 0 aliphatic carbocycles. The molecule has 6 nitrogen and oxygen atoms in total. The van der Waals surface area contributed by atoms with E-state index in [1.54, 1.807) is 11.8 Å². The second kappa shape index (κ2) is 9.02. The fourth-order valence-electron chi connectivity index (χ4n) is 3.50. The Kier molecular flexibility index (Phi) is 6.01. The van der Waals surface area contributed by atoms with Crippen LogP contribution >= 0.6 is 11.8 Å². The van der Waals surface area contributed by atoms with E-state index in [0.717, 1.165) is 33.4 Å². The summed E-state index contributed by atoms with van der Waals surface area (Å²) in [4.78, 5) is 14.8. The Hall–Kier alpha value is -3.63. The fourth-order valence-corrected chi connectivity index (χ4v) is 4.62. The Bertz CT molecular complexity index is 1300. The van der Waals surface area contributed by atoms with Gasteiger partial charge in [-0.3, -0.25) is 9.36 Å². The molecule has 2 heterocycles. The van der Waals surface area contributed by atoms with E-state index in [2.05, 4.69) is 31.9 Å². The third-order valence-electron chi connectivity index (χ3n) is 5.20. The van der Waals surface area contributed by atoms with Gasteiger partial charge in [-0.15, -0.1) is 10.2 Å². The van der Waals surface area contributed by atoms with E-state index < -0.39 is 0 Å². The molecule has 0 saturated heterocycles. The zero-order valence-electron chi connectivity index (χ0n) is 17.3. The molecular weight excluding hydrogens is 406 g/mol. The lowest BCUT2D eigenvalue weighted by Crippen LogP contribution is -2.16. The highest BCUT2D eigenvalue weighted by molar-refractivity contribution is 7.98. The van der Waals surface area contributed by atoms with Gasteiger partial charge in [0, 0.05) is 17.0 Å². The lowest BCUT2D eigenvalue weighted by Gasteiger charge is -2.13. The minimum Gasteiger partial charge on any atom is -0.325 e. The van der Waals surface area contributed by atoms with E-state index in [-0.39, 0.29) is 11.1 Å². The number of nitrogens with zero attached hydrogens (tertiary/aromatic N) is 4. The summed E-state index contributed by atoms with van der Waals surface area (Å²) in [7, 11) is 0. The van der Waals surface area contributed by atoms with Crippen molar-refractivity contribution < 1.29 is 0 Å². The van der Waals surface area contributed by atoms with Crippen LogP contribution in [-0.4, -0.2) is 19.7 Å². The third-order valence-corrected chi connectivity index (χ3v) is 6.19. The Morgan fingerprint density at radius 3 is 2.39 bits per heavy atom. The number of nitrogens with one attached hydrogen (secondary N) is 1. The van der Waals surface area contributed by atoms with Crippen molar-refractivity contribution in [3.05, 3.63) is 99.0 Å². The molecule has 0 atom stereocenters. The summed E-state index contributed by atoms with van der Waals surface area (Å²) in [6.07, 6.45) is 0. The molecule has 4 rings (SSSR count). The molecule has 154 valence electrons. The number of aromatic nitrogens is 4. The maximum Gasteiger partial charge on any atom is 0.266 e. The molecule has 1 N–H and O–H groups in total. The van der Waals surface area contributed by atoms with Gasteiger partial charge in [-0.2, -0.15) is 5.26 Å². The number of benzene rings is 2. The summed E-state index contributed by atoms with van der Waals surface area (Å²) >= 11 is 1.55. The summed E-state index contributed by atoms with van der Waals surface area (Å²) in [5, 5.41) is 19.0. The first-order valence-corrected chi connectivity index (χ1v) is 10.8. The molecule has 0 unspecified atom stereocenters. The van der Waals surface area contributed by atoms with E-state index >= 15 is 0 Å². The fraction of sp³-hybridized carbons (Fsp3) is 0.167. The minimum atomic E-state index is -0.343. The number of hydrogen-bond acceptors (Lipinski definition) is 5. The molecular formula is C24H21N5OS. The second-order valence-electron chi connectivity index (χ2n) is 7.20. The van der Waals surface area contributed by atoms with E-state index in [9.17, 15) is 10.1 Å². The van der Waals surface area contributed by atoms with Gasteiger partial charge in [0.25, 0.3) is 5.56 Å². The first-order chi connectivity index (χ1) is 15.1. The molecule has 0 amide bonds. The molecule has 2 aromatic heterocycles. The van der Waals surface area contributed by atoms with E-state index in [0.29, 0.717) is 17.9 Å². The highest BCUT2D eigenvalue weighted by Crippen LogP contribution is 2.29. The number of pyridine rings is 1. The standard InChI is InChI=1S/C24H21N5OS/c1-16-20(13-25)23(30)26-17(2)21(16)15-31-24-28-27-22(19-11-7-4-8-12-19)29(24)14-18-9-5-3-6-10-18/h3-12H,14-15H2,1-2H3,(H,26,30). The average molecular weight is 428 g/mol. The number of aromatic amines is 1. The molecule has 0 radical (unpaired) electrons. The lowest BCUT2D eigenvalue weighted by atomic mass is 10.1. The normalized spacial score (nSPS) is 10.7. The highest BCUT2D eigenvalue weighted by atomic mass is 32.2. The van der Waals surface area contributed by atoms with Crippen molar-refractivity contribution in [2.75, 3.05) is 0 Å². The van der Waals surface area contributed by atoms with E-state index in [1.807, 2.05) is 68.4 Å². The van der Waals surface area contributed by atoms with Gasteiger partial charge >= 0.3 is 0 Å². The zero-order valence-corrected chi connectivity index (χ0v) is 18.1. The van der Waals surface area contributed by atoms with Crippen LogP contribution in [0.4, 0.5) is 0 Å². The van der Waals surface area contributed by atoms with Crippen LogP contribution in [0.2, 0.25) is 0 Å². The molecule has 0 aliphatic rings. The van der Waals surface area contributed by atoms with Crippen molar-refractivity contribution in [1.29, 1.82) is 5.26 Å². The smallest absolute Gasteiger partial charge is 0.266 e. The second-order valence-corrected chi connectivity index (χ2v) is 8.14. The maximum atomic E-state index is 12.0. The quantitative estimate of drug-likeness (QED) is 0.459. The average Bonchev–Trinajstić information content (AvgIpc) is 3.17. The van der Waals surface area contributed by atoms with Gasteiger partial charge in [-0.25, -0.2) is 0 Å². The topological polar surface area (TPSA) is 87.4 Å². The minimum absolute atomic E-state index is 0.164. The number of hydrogen-bond donors (Lipinski definition) is 1. The van der Waals surface area contributed by atoms with Gasteiger partial charge in [0.2, 0.25) is 0 Å². The predicted octanol–water partition coefficient (Wildman–Crippen LogP) is 4.46. The predicted molar refractivity (Wildman–Crippen MR) is 122 cm³/mol.